The van der Waals surface area contributed by atoms with Gasteiger partial charge in [0.15, 0.2) is 0 Å². The lowest BCUT2D eigenvalue weighted by atomic mass is 9.88. The standard InChI is InChI=1S/C60H40N2S/c1-2-17-41(18-3-1)46-19-4-5-20-48(46)49-21-6-7-22-50(49)51-23-8-12-28-55(51)61(43-35-33-42(34-36-43)47-27-16-32-59-60(47)54-26-11-15-31-58(54)63-59)44-37-39-45(40-38-44)62-56-29-13-9-24-52(56)53-25-10-14-30-57(53)62/h1-40H. The van der Waals surface area contributed by atoms with Crippen LogP contribution in [0, 0.1) is 0 Å². The average molecular weight is 821 g/mol. The number of fused-ring (bicyclic) bond motifs is 6. The average Bonchev–Trinajstić information content (AvgIpc) is 3.91. The van der Waals surface area contributed by atoms with Crippen LogP contribution in [-0.2, 0) is 0 Å². The molecule has 0 spiro atoms. The molecular weight excluding hydrogens is 781 g/mol. The molecule has 10 aromatic carbocycles. The lowest BCUT2D eigenvalue weighted by molar-refractivity contribution is 1.17. The highest BCUT2D eigenvalue weighted by Gasteiger charge is 2.21. The topological polar surface area (TPSA) is 8.17 Å². The molecule has 0 saturated heterocycles. The van der Waals surface area contributed by atoms with Crippen molar-refractivity contribution in [1.29, 1.82) is 0 Å². The maximum absolute atomic E-state index is 2.43. The van der Waals surface area contributed by atoms with Crippen molar-refractivity contribution in [2.75, 3.05) is 4.90 Å². The largest absolute Gasteiger partial charge is 0.310 e. The Bertz CT molecular complexity index is 3560. The molecule has 0 aliphatic carbocycles. The van der Waals surface area contributed by atoms with E-state index in [0.29, 0.717) is 0 Å². The van der Waals surface area contributed by atoms with Crippen molar-refractivity contribution >= 4 is 70.4 Å². The van der Waals surface area contributed by atoms with Gasteiger partial charge in [0.1, 0.15) is 0 Å². The van der Waals surface area contributed by atoms with Crippen LogP contribution in [0.2, 0.25) is 0 Å². The molecule has 63 heavy (non-hydrogen) atoms. The van der Waals surface area contributed by atoms with E-state index in [2.05, 4.69) is 252 Å². The monoisotopic (exact) mass is 820 g/mol. The van der Waals surface area contributed by atoms with Gasteiger partial charge < -0.3 is 9.47 Å². The van der Waals surface area contributed by atoms with Crippen LogP contribution in [0.15, 0.2) is 243 Å². The van der Waals surface area contributed by atoms with Gasteiger partial charge in [-0.2, -0.15) is 0 Å². The number of rotatable bonds is 8. The van der Waals surface area contributed by atoms with Gasteiger partial charge in [-0.3, -0.25) is 0 Å². The third kappa shape index (κ3) is 6.33. The predicted molar refractivity (Wildman–Crippen MR) is 270 cm³/mol. The van der Waals surface area contributed by atoms with Crippen LogP contribution in [0.1, 0.15) is 0 Å². The van der Waals surface area contributed by atoms with Crippen molar-refractivity contribution in [2.24, 2.45) is 0 Å². The van der Waals surface area contributed by atoms with Crippen LogP contribution in [-0.4, -0.2) is 4.57 Å². The number of thiophene rings is 1. The van der Waals surface area contributed by atoms with Crippen molar-refractivity contribution < 1.29 is 0 Å². The second kappa shape index (κ2) is 15.5. The number of hydrogen-bond donors (Lipinski definition) is 0. The van der Waals surface area contributed by atoms with Crippen LogP contribution in [0.5, 0.6) is 0 Å². The number of hydrogen-bond acceptors (Lipinski definition) is 2. The van der Waals surface area contributed by atoms with Crippen LogP contribution >= 0.6 is 11.3 Å². The normalized spacial score (nSPS) is 11.5. The van der Waals surface area contributed by atoms with Gasteiger partial charge in [0.2, 0.25) is 0 Å². The second-order valence-electron chi connectivity index (χ2n) is 16.0. The summed E-state index contributed by atoms with van der Waals surface area (Å²) in [5, 5.41) is 5.14. The lowest BCUT2D eigenvalue weighted by Gasteiger charge is -2.29. The van der Waals surface area contributed by atoms with Crippen molar-refractivity contribution in [3.05, 3.63) is 243 Å². The van der Waals surface area contributed by atoms with Gasteiger partial charge in [-0.1, -0.05) is 176 Å². The summed E-state index contributed by atoms with van der Waals surface area (Å²) in [5.41, 5.74) is 16.4. The van der Waals surface area contributed by atoms with Gasteiger partial charge in [-0.25, -0.2) is 0 Å². The summed E-state index contributed by atoms with van der Waals surface area (Å²) in [6.07, 6.45) is 0. The van der Waals surface area contributed by atoms with E-state index >= 15 is 0 Å². The summed E-state index contributed by atoms with van der Waals surface area (Å²) in [4.78, 5) is 2.43. The summed E-state index contributed by atoms with van der Waals surface area (Å²) in [6.45, 7) is 0. The van der Waals surface area contributed by atoms with E-state index in [1.807, 2.05) is 11.3 Å². The highest BCUT2D eigenvalue weighted by atomic mass is 32.1. The molecule has 0 bridgehead atoms. The molecule has 2 aromatic heterocycles. The first-order valence-electron chi connectivity index (χ1n) is 21.5. The van der Waals surface area contributed by atoms with Crippen LogP contribution in [0.4, 0.5) is 17.1 Å². The predicted octanol–water partition coefficient (Wildman–Crippen LogP) is 17.3. The van der Waals surface area contributed by atoms with Gasteiger partial charge in [-0.15, -0.1) is 11.3 Å². The first-order valence-corrected chi connectivity index (χ1v) is 22.3. The third-order valence-corrected chi connectivity index (χ3v) is 13.6. The summed E-state index contributed by atoms with van der Waals surface area (Å²) < 4.78 is 5.01. The Morgan fingerprint density at radius 1 is 0.302 bits per heavy atom. The lowest BCUT2D eigenvalue weighted by Crippen LogP contribution is -2.11. The summed E-state index contributed by atoms with van der Waals surface area (Å²) in [5.74, 6) is 0. The summed E-state index contributed by atoms with van der Waals surface area (Å²) in [7, 11) is 0. The fourth-order valence-corrected chi connectivity index (χ4v) is 10.8. The van der Waals surface area contributed by atoms with Crippen molar-refractivity contribution in [2.45, 2.75) is 0 Å². The number of nitrogens with zero attached hydrogens (tertiary/aromatic N) is 2. The van der Waals surface area contributed by atoms with Gasteiger partial charge in [0.25, 0.3) is 0 Å². The molecule has 2 heterocycles. The quantitative estimate of drug-likeness (QED) is 0.148. The SMILES string of the molecule is c1ccc(-c2ccccc2-c2ccccc2-c2ccccc2N(c2ccc(-c3cccc4sc5ccccc5c34)cc2)c2ccc(-n3c4ccccc4c4ccccc43)cc2)cc1. The minimum absolute atomic E-state index is 1.08. The maximum Gasteiger partial charge on any atom is 0.0541 e. The minimum Gasteiger partial charge on any atom is -0.310 e. The zero-order chi connectivity index (χ0) is 41.7. The molecule has 0 radical (unpaired) electrons. The molecule has 0 aliphatic rings. The fraction of sp³-hybridized carbons (Fsp3) is 0. The van der Waals surface area contributed by atoms with Crippen molar-refractivity contribution in [1.82, 2.24) is 4.57 Å². The number of para-hydroxylation sites is 3. The second-order valence-corrected chi connectivity index (χ2v) is 17.1. The molecule has 2 nitrogen and oxygen atoms in total. The molecule has 0 amide bonds. The molecule has 12 aromatic rings. The van der Waals surface area contributed by atoms with E-state index in [0.717, 1.165) is 28.3 Å². The van der Waals surface area contributed by atoms with E-state index in [1.165, 1.54) is 80.9 Å². The number of anilines is 3. The highest BCUT2D eigenvalue weighted by Crippen LogP contribution is 2.46. The maximum atomic E-state index is 2.43. The Balaban J connectivity index is 1.03. The van der Waals surface area contributed by atoms with Gasteiger partial charge >= 0.3 is 0 Å². The Morgan fingerprint density at radius 3 is 1.44 bits per heavy atom. The zero-order valence-electron chi connectivity index (χ0n) is 34.4. The Morgan fingerprint density at radius 2 is 0.762 bits per heavy atom. The molecule has 0 atom stereocenters. The van der Waals surface area contributed by atoms with Crippen molar-refractivity contribution in [3.8, 4) is 50.2 Å². The van der Waals surface area contributed by atoms with E-state index in [-0.39, 0.29) is 0 Å². The smallest absolute Gasteiger partial charge is 0.0541 e. The summed E-state index contributed by atoms with van der Waals surface area (Å²) >= 11 is 1.86. The molecule has 12 rings (SSSR count). The molecule has 0 saturated carbocycles. The molecule has 296 valence electrons. The molecular formula is C60H40N2S. The molecule has 0 fully saturated rings. The van der Waals surface area contributed by atoms with Crippen LogP contribution < -0.4 is 4.90 Å². The summed E-state index contributed by atoms with van der Waals surface area (Å²) in [6, 6.07) is 88.3. The number of aromatic nitrogens is 1. The van der Waals surface area contributed by atoms with Gasteiger partial charge in [0.05, 0.1) is 16.7 Å². The van der Waals surface area contributed by atoms with Gasteiger partial charge in [0, 0.05) is 53.6 Å². The van der Waals surface area contributed by atoms with E-state index < -0.39 is 0 Å². The highest BCUT2D eigenvalue weighted by molar-refractivity contribution is 7.25. The minimum atomic E-state index is 1.08. The molecule has 0 aliphatic heterocycles. The molecule has 0 unspecified atom stereocenters. The third-order valence-electron chi connectivity index (χ3n) is 12.4. The van der Waals surface area contributed by atoms with Gasteiger partial charge in [-0.05, 0) is 106 Å². The van der Waals surface area contributed by atoms with E-state index in [4.69, 9.17) is 0 Å². The first kappa shape index (κ1) is 36.8. The Kier molecular flexibility index (Phi) is 9.06. The number of benzene rings is 10. The Labute approximate surface area is 370 Å². The molecule has 0 N–H and O–H groups in total. The van der Waals surface area contributed by atoms with Crippen molar-refractivity contribution in [3.63, 3.8) is 0 Å². The first-order chi connectivity index (χ1) is 31.3. The Hall–Kier alpha value is -7.98. The van der Waals surface area contributed by atoms with Crippen LogP contribution in [0.3, 0.4) is 0 Å². The van der Waals surface area contributed by atoms with E-state index in [9.17, 15) is 0 Å². The fourth-order valence-electron chi connectivity index (χ4n) is 9.62. The van der Waals surface area contributed by atoms with Crippen LogP contribution in [0.25, 0.3) is 92.2 Å². The molecule has 3 heteroatoms. The van der Waals surface area contributed by atoms with E-state index in [1.54, 1.807) is 0 Å². The zero-order valence-corrected chi connectivity index (χ0v) is 35.2.